The van der Waals surface area contributed by atoms with Gasteiger partial charge in [0.2, 0.25) is 6.23 Å². The molecule has 0 aliphatic heterocycles. The van der Waals surface area contributed by atoms with Crippen LogP contribution in [0.15, 0.2) is 35.5 Å². The van der Waals surface area contributed by atoms with Gasteiger partial charge in [0.1, 0.15) is 0 Å². The molecule has 0 fully saturated rings. The average molecular weight is 263 g/mol. The molecule has 0 bridgehead atoms. The van der Waals surface area contributed by atoms with Crippen LogP contribution in [-0.4, -0.2) is 12.2 Å². The molecule has 0 heterocycles. The first-order valence-corrected chi connectivity index (χ1v) is 6.81. The molecule has 0 aliphatic rings. The van der Waals surface area contributed by atoms with Crippen molar-refractivity contribution < 1.29 is 9.53 Å². The second-order valence-corrected chi connectivity index (χ2v) is 4.58. The van der Waals surface area contributed by atoms with Gasteiger partial charge in [-0.25, -0.2) is 4.79 Å². The quantitative estimate of drug-likeness (QED) is 0.523. The number of hydrogen-bond donors (Lipinski definition) is 0. The number of esters is 1. The minimum atomic E-state index is -0.885. The zero-order valence-corrected chi connectivity index (χ0v) is 11.5. The van der Waals surface area contributed by atoms with E-state index in [1.54, 1.807) is 24.3 Å². The second-order valence-electron chi connectivity index (χ2n) is 4.58. The molecular formula is C15H21NO3. The van der Waals surface area contributed by atoms with Crippen molar-refractivity contribution in [3.63, 3.8) is 0 Å². The number of benzene rings is 1. The number of carbonyl (C=O) groups is 1. The third-order valence-corrected chi connectivity index (χ3v) is 3.20. The van der Waals surface area contributed by atoms with Gasteiger partial charge in [-0.2, -0.15) is 0 Å². The van der Waals surface area contributed by atoms with E-state index in [1.165, 1.54) is 0 Å². The Morgan fingerprint density at radius 1 is 1.26 bits per heavy atom. The molecule has 1 aromatic carbocycles. The van der Waals surface area contributed by atoms with Crippen molar-refractivity contribution in [2.24, 2.45) is 11.1 Å². The van der Waals surface area contributed by atoms with Crippen molar-refractivity contribution in [2.45, 2.75) is 45.8 Å². The van der Waals surface area contributed by atoms with Gasteiger partial charge >= 0.3 is 5.97 Å². The molecule has 19 heavy (non-hydrogen) atoms. The predicted molar refractivity (Wildman–Crippen MR) is 74.7 cm³/mol. The van der Waals surface area contributed by atoms with Gasteiger partial charge in [-0.15, -0.1) is 4.91 Å². The Morgan fingerprint density at radius 3 is 2.47 bits per heavy atom. The third kappa shape index (κ3) is 4.81. The summed E-state index contributed by atoms with van der Waals surface area (Å²) in [7, 11) is 0. The fourth-order valence-electron chi connectivity index (χ4n) is 1.97. The van der Waals surface area contributed by atoms with Crippen LogP contribution in [0.4, 0.5) is 0 Å². The predicted octanol–water partition coefficient (Wildman–Crippen LogP) is 4.15. The Bertz CT molecular complexity index is 392. The zero-order valence-electron chi connectivity index (χ0n) is 11.5. The highest BCUT2D eigenvalue weighted by molar-refractivity contribution is 5.89. The number of unbranched alkanes of at least 4 members (excludes halogenated alkanes) is 1. The third-order valence-electron chi connectivity index (χ3n) is 3.20. The zero-order chi connectivity index (χ0) is 14.1. The molecule has 2 unspecified atom stereocenters. The lowest BCUT2D eigenvalue weighted by Crippen LogP contribution is -2.24. The summed E-state index contributed by atoms with van der Waals surface area (Å²) in [5, 5.41) is 2.98. The number of rotatable bonds is 8. The van der Waals surface area contributed by atoms with Crippen LogP contribution < -0.4 is 0 Å². The van der Waals surface area contributed by atoms with E-state index in [1.807, 2.05) is 13.0 Å². The highest BCUT2D eigenvalue weighted by atomic mass is 16.6. The van der Waals surface area contributed by atoms with Crippen LogP contribution in [0.5, 0.6) is 0 Å². The van der Waals surface area contributed by atoms with Crippen molar-refractivity contribution >= 4 is 5.97 Å². The first kappa shape index (κ1) is 15.3. The Kier molecular flexibility index (Phi) is 6.79. The van der Waals surface area contributed by atoms with Gasteiger partial charge in [0.25, 0.3) is 0 Å². The SMILES string of the molecule is CCCCC(CC)C(N=O)OC(=O)c1ccccc1. The minimum absolute atomic E-state index is 0.00473. The Hall–Kier alpha value is -1.71. The Balaban J connectivity index is 2.65. The van der Waals surface area contributed by atoms with Gasteiger partial charge in [0.05, 0.1) is 5.56 Å². The lowest BCUT2D eigenvalue weighted by Gasteiger charge is -2.20. The van der Waals surface area contributed by atoms with E-state index in [9.17, 15) is 9.70 Å². The molecular weight excluding hydrogens is 242 g/mol. The van der Waals surface area contributed by atoms with Gasteiger partial charge in [-0.05, 0) is 30.2 Å². The summed E-state index contributed by atoms with van der Waals surface area (Å²) in [5.41, 5.74) is 0.446. The fraction of sp³-hybridized carbons (Fsp3) is 0.533. The molecule has 1 aromatic rings. The van der Waals surface area contributed by atoms with Gasteiger partial charge in [0.15, 0.2) is 0 Å². The summed E-state index contributed by atoms with van der Waals surface area (Å²) < 4.78 is 5.22. The van der Waals surface area contributed by atoms with Crippen LogP contribution in [0.2, 0.25) is 0 Å². The summed E-state index contributed by atoms with van der Waals surface area (Å²) >= 11 is 0. The van der Waals surface area contributed by atoms with E-state index in [2.05, 4.69) is 12.1 Å². The lowest BCUT2D eigenvalue weighted by atomic mass is 9.98. The molecule has 104 valence electrons. The van der Waals surface area contributed by atoms with Crippen molar-refractivity contribution in [1.82, 2.24) is 0 Å². The highest BCUT2D eigenvalue weighted by Crippen LogP contribution is 2.21. The molecule has 4 nitrogen and oxygen atoms in total. The summed E-state index contributed by atoms with van der Waals surface area (Å²) in [5.74, 6) is -0.481. The summed E-state index contributed by atoms with van der Waals surface area (Å²) in [6.45, 7) is 4.07. The Labute approximate surface area is 114 Å². The van der Waals surface area contributed by atoms with Crippen LogP contribution >= 0.6 is 0 Å². The smallest absolute Gasteiger partial charge is 0.340 e. The van der Waals surface area contributed by atoms with Crippen molar-refractivity contribution in [3.8, 4) is 0 Å². The number of hydrogen-bond acceptors (Lipinski definition) is 4. The fourth-order valence-corrected chi connectivity index (χ4v) is 1.97. The van der Waals surface area contributed by atoms with Crippen LogP contribution in [0.3, 0.4) is 0 Å². The molecule has 0 saturated carbocycles. The first-order valence-electron chi connectivity index (χ1n) is 6.81. The van der Waals surface area contributed by atoms with E-state index in [-0.39, 0.29) is 5.92 Å². The minimum Gasteiger partial charge on any atom is -0.432 e. The van der Waals surface area contributed by atoms with Crippen molar-refractivity contribution in [2.75, 3.05) is 0 Å². The average Bonchev–Trinajstić information content (AvgIpc) is 2.47. The summed E-state index contributed by atoms with van der Waals surface area (Å²) in [4.78, 5) is 22.8. The summed E-state index contributed by atoms with van der Waals surface area (Å²) in [6.07, 6.45) is 2.80. The van der Waals surface area contributed by atoms with Crippen LogP contribution in [-0.2, 0) is 4.74 Å². The molecule has 0 aromatic heterocycles. The highest BCUT2D eigenvalue weighted by Gasteiger charge is 2.24. The van der Waals surface area contributed by atoms with E-state index in [0.717, 1.165) is 25.7 Å². The van der Waals surface area contributed by atoms with Crippen LogP contribution in [0, 0.1) is 10.8 Å². The van der Waals surface area contributed by atoms with Gasteiger partial charge in [-0.1, -0.05) is 44.9 Å². The van der Waals surface area contributed by atoms with Gasteiger partial charge in [-0.3, -0.25) is 0 Å². The maximum Gasteiger partial charge on any atom is 0.340 e. The Morgan fingerprint density at radius 2 is 1.95 bits per heavy atom. The van der Waals surface area contributed by atoms with Crippen molar-refractivity contribution in [1.29, 1.82) is 0 Å². The summed E-state index contributed by atoms with van der Waals surface area (Å²) in [6, 6.07) is 8.67. The maximum absolute atomic E-state index is 11.9. The molecule has 1 rings (SSSR count). The molecule has 4 heteroatoms. The number of nitroso groups, excluding NO2 is 1. The second kappa shape index (κ2) is 8.40. The van der Waals surface area contributed by atoms with E-state index in [0.29, 0.717) is 5.56 Å². The molecule has 2 atom stereocenters. The number of nitrogens with zero attached hydrogens (tertiary/aromatic N) is 1. The molecule has 0 N–H and O–H groups in total. The largest absolute Gasteiger partial charge is 0.432 e. The molecule has 0 amide bonds. The van der Waals surface area contributed by atoms with E-state index >= 15 is 0 Å². The van der Waals surface area contributed by atoms with E-state index in [4.69, 9.17) is 4.74 Å². The van der Waals surface area contributed by atoms with Crippen LogP contribution in [0.25, 0.3) is 0 Å². The normalized spacial score (nSPS) is 13.6. The first-order chi connectivity index (χ1) is 9.22. The molecule has 0 spiro atoms. The lowest BCUT2D eigenvalue weighted by molar-refractivity contribution is 0.0139. The molecule has 0 aliphatic carbocycles. The van der Waals surface area contributed by atoms with Gasteiger partial charge in [0, 0.05) is 5.92 Å². The monoisotopic (exact) mass is 263 g/mol. The number of carbonyl (C=O) groups excluding carboxylic acids is 1. The molecule has 0 saturated heterocycles. The van der Waals surface area contributed by atoms with E-state index < -0.39 is 12.2 Å². The van der Waals surface area contributed by atoms with Crippen molar-refractivity contribution in [3.05, 3.63) is 40.8 Å². The number of ether oxygens (including phenoxy) is 1. The molecule has 0 radical (unpaired) electrons. The maximum atomic E-state index is 11.9. The topological polar surface area (TPSA) is 55.7 Å². The van der Waals surface area contributed by atoms with Crippen LogP contribution in [0.1, 0.15) is 49.9 Å². The van der Waals surface area contributed by atoms with Gasteiger partial charge < -0.3 is 4.74 Å². The standard InChI is InChI=1S/C15H21NO3/c1-3-5-9-12(4-2)14(16-18)19-15(17)13-10-7-6-8-11-13/h6-8,10-12,14H,3-5,9H2,1-2H3.